The summed E-state index contributed by atoms with van der Waals surface area (Å²) in [6.07, 6.45) is 3.73. The van der Waals surface area contributed by atoms with E-state index in [4.69, 9.17) is 10.00 Å². The van der Waals surface area contributed by atoms with Crippen molar-refractivity contribution in [1.29, 1.82) is 5.26 Å². The normalized spacial score (nSPS) is 11.0. The molecule has 0 aromatic carbocycles. The second kappa shape index (κ2) is 11.1. The molecule has 0 N–H and O–H groups in total. The van der Waals surface area contributed by atoms with E-state index < -0.39 is 5.97 Å². The topological polar surface area (TPSA) is 68.6 Å². The van der Waals surface area contributed by atoms with Crippen LogP contribution in [0.5, 0.6) is 0 Å². The molecule has 5 nitrogen and oxygen atoms in total. The molecule has 0 aromatic rings. The van der Waals surface area contributed by atoms with Gasteiger partial charge in [0, 0.05) is 13.2 Å². The summed E-state index contributed by atoms with van der Waals surface area (Å²) in [5, 5.41) is 8.70. The molecule has 0 saturated heterocycles. The van der Waals surface area contributed by atoms with Gasteiger partial charge in [-0.25, -0.2) is 4.79 Å². The minimum Gasteiger partial charge on any atom is -0.382 e. The van der Waals surface area contributed by atoms with Crippen molar-refractivity contribution >= 4 is 5.97 Å². The lowest BCUT2D eigenvalue weighted by molar-refractivity contribution is -0.269. The molecule has 0 amide bonds. The van der Waals surface area contributed by atoms with Crippen LogP contribution in [0, 0.1) is 11.3 Å². The van der Waals surface area contributed by atoms with Gasteiger partial charge in [0.15, 0.2) is 0 Å². The molecule has 96 valence electrons. The zero-order valence-corrected chi connectivity index (χ0v) is 10.4. The van der Waals surface area contributed by atoms with Gasteiger partial charge < -0.3 is 4.74 Å². The monoisotopic (exact) mass is 241 g/mol. The van der Waals surface area contributed by atoms with E-state index in [1.807, 2.05) is 13.8 Å². The molecular formula is C12H19NO4. The van der Waals surface area contributed by atoms with Crippen LogP contribution in [0.2, 0.25) is 0 Å². The van der Waals surface area contributed by atoms with E-state index in [-0.39, 0.29) is 12.2 Å². The molecule has 0 aliphatic heterocycles. The SMILES string of the molecule is CCCC=C(C#N)C(=O)OOCCCOCC. The molecule has 0 rings (SSSR count). The van der Waals surface area contributed by atoms with Gasteiger partial charge in [-0.2, -0.15) is 10.1 Å². The first-order chi connectivity index (χ1) is 8.26. The highest BCUT2D eigenvalue weighted by Crippen LogP contribution is 2.01. The van der Waals surface area contributed by atoms with E-state index in [0.717, 1.165) is 6.42 Å². The van der Waals surface area contributed by atoms with Crippen LogP contribution in [0.4, 0.5) is 0 Å². The first-order valence-corrected chi connectivity index (χ1v) is 5.78. The first-order valence-electron chi connectivity index (χ1n) is 5.78. The van der Waals surface area contributed by atoms with Crippen LogP contribution in [-0.2, 0) is 19.3 Å². The third-order valence-corrected chi connectivity index (χ3v) is 1.83. The largest absolute Gasteiger partial charge is 0.383 e. The Kier molecular flexibility index (Phi) is 10.2. The van der Waals surface area contributed by atoms with Gasteiger partial charge in [0.2, 0.25) is 0 Å². The molecule has 0 saturated carbocycles. The lowest BCUT2D eigenvalue weighted by Gasteiger charge is -2.03. The van der Waals surface area contributed by atoms with Gasteiger partial charge in [-0.3, -0.25) is 4.89 Å². The Morgan fingerprint density at radius 1 is 1.35 bits per heavy atom. The molecule has 0 fully saturated rings. The Hall–Kier alpha value is -1.38. The first kappa shape index (κ1) is 15.6. The highest BCUT2D eigenvalue weighted by molar-refractivity contribution is 5.92. The predicted octanol–water partition coefficient (Wildman–Crippen LogP) is 2.14. The molecule has 0 aromatic heterocycles. The van der Waals surface area contributed by atoms with E-state index in [2.05, 4.69) is 9.78 Å². The van der Waals surface area contributed by atoms with Crippen LogP contribution in [0.3, 0.4) is 0 Å². The van der Waals surface area contributed by atoms with Gasteiger partial charge in [-0.1, -0.05) is 19.4 Å². The predicted molar refractivity (Wildman–Crippen MR) is 61.8 cm³/mol. The molecule has 0 bridgehead atoms. The van der Waals surface area contributed by atoms with Crippen molar-refractivity contribution in [2.24, 2.45) is 0 Å². The van der Waals surface area contributed by atoms with Gasteiger partial charge >= 0.3 is 5.97 Å². The lowest BCUT2D eigenvalue weighted by atomic mass is 10.2. The average molecular weight is 241 g/mol. The molecule has 0 atom stereocenters. The maximum Gasteiger partial charge on any atom is 0.383 e. The Balaban J connectivity index is 3.73. The van der Waals surface area contributed by atoms with Crippen molar-refractivity contribution in [3.05, 3.63) is 11.6 Å². The van der Waals surface area contributed by atoms with Crippen molar-refractivity contribution in [2.75, 3.05) is 19.8 Å². The highest BCUT2D eigenvalue weighted by atomic mass is 17.2. The Morgan fingerprint density at radius 2 is 2.12 bits per heavy atom. The Labute approximate surface area is 102 Å². The van der Waals surface area contributed by atoms with E-state index in [1.165, 1.54) is 0 Å². The number of hydrogen-bond acceptors (Lipinski definition) is 5. The van der Waals surface area contributed by atoms with Crippen molar-refractivity contribution in [2.45, 2.75) is 33.1 Å². The van der Waals surface area contributed by atoms with Crippen LogP contribution in [0.15, 0.2) is 11.6 Å². The summed E-state index contributed by atoms with van der Waals surface area (Å²) in [4.78, 5) is 20.5. The van der Waals surface area contributed by atoms with Crippen LogP contribution in [0.1, 0.15) is 33.1 Å². The number of unbranched alkanes of at least 4 members (excludes halogenated alkanes) is 1. The van der Waals surface area contributed by atoms with Gasteiger partial charge in [-0.05, 0) is 19.8 Å². The van der Waals surface area contributed by atoms with Gasteiger partial charge in [0.05, 0.1) is 6.61 Å². The van der Waals surface area contributed by atoms with Gasteiger partial charge in [0.1, 0.15) is 11.6 Å². The van der Waals surface area contributed by atoms with Crippen LogP contribution in [-0.4, -0.2) is 25.8 Å². The number of nitriles is 1. The fourth-order valence-corrected chi connectivity index (χ4v) is 0.968. The minimum atomic E-state index is -0.739. The van der Waals surface area contributed by atoms with Gasteiger partial charge in [-0.15, -0.1) is 0 Å². The van der Waals surface area contributed by atoms with Crippen LogP contribution < -0.4 is 0 Å². The minimum absolute atomic E-state index is 0.0170. The fraction of sp³-hybridized carbons (Fsp3) is 0.667. The second-order valence-corrected chi connectivity index (χ2v) is 3.26. The smallest absolute Gasteiger partial charge is 0.382 e. The molecule has 17 heavy (non-hydrogen) atoms. The fourth-order valence-electron chi connectivity index (χ4n) is 0.968. The summed E-state index contributed by atoms with van der Waals surface area (Å²) in [5.41, 5.74) is -0.0170. The second-order valence-electron chi connectivity index (χ2n) is 3.26. The highest BCUT2D eigenvalue weighted by Gasteiger charge is 2.10. The molecule has 0 aliphatic rings. The Bertz CT molecular complexity index is 281. The zero-order valence-electron chi connectivity index (χ0n) is 10.4. The summed E-state index contributed by atoms with van der Waals surface area (Å²) in [7, 11) is 0. The van der Waals surface area contributed by atoms with Crippen LogP contribution >= 0.6 is 0 Å². The molecule has 0 radical (unpaired) electrons. The molecule has 0 unspecified atom stereocenters. The van der Waals surface area contributed by atoms with Crippen molar-refractivity contribution in [3.8, 4) is 6.07 Å². The summed E-state index contributed by atoms with van der Waals surface area (Å²) in [6, 6.07) is 1.78. The summed E-state index contributed by atoms with van der Waals surface area (Å²) in [5.74, 6) is -0.739. The molecule has 0 heterocycles. The third-order valence-electron chi connectivity index (χ3n) is 1.83. The molecular weight excluding hydrogens is 222 g/mol. The average Bonchev–Trinajstić information content (AvgIpc) is 2.34. The number of rotatable bonds is 9. The summed E-state index contributed by atoms with van der Waals surface area (Å²) in [6.45, 7) is 5.33. The zero-order chi connectivity index (χ0) is 12.9. The number of allylic oxidation sites excluding steroid dienone is 1. The van der Waals surface area contributed by atoms with Crippen molar-refractivity contribution < 1.29 is 19.3 Å². The van der Waals surface area contributed by atoms with E-state index >= 15 is 0 Å². The number of ether oxygens (including phenoxy) is 1. The Morgan fingerprint density at radius 3 is 2.71 bits per heavy atom. The number of nitrogens with zero attached hydrogens (tertiary/aromatic N) is 1. The van der Waals surface area contributed by atoms with Crippen molar-refractivity contribution in [1.82, 2.24) is 0 Å². The molecule has 0 aliphatic carbocycles. The molecule has 0 spiro atoms. The standard InChI is InChI=1S/C12H19NO4/c1-3-5-7-11(10-13)12(14)17-16-9-6-8-15-4-2/h7H,3-6,8-9H2,1-2H3. The molecule has 5 heteroatoms. The number of carbonyl (C=O) groups is 1. The maximum absolute atomic E-state index is 11.3. The van der Waals surface area contributed by atoms with E-state index in [0.29, 0.717) is 26.1 Å². The lowest BCUT2D eigenvalue weighted by Crippen LogP contribution is -2.09. The van der Waals surface area contributed by atoms with Crippen LogP contribution in [0.25, 0.3) is 0 Å². The number of carbonyl (C=O) groups excluding carboxylic acids is 1. The maximum atomic E-state index is 11.3. The van der Waals surface area contributed by atoms with Crippen molar-refractivity contribution in [3.63, 3.8) is 0 Å². The summed E-state index contributed by atoms with van der Waals surface area (Å²) >= 11 is 0. The number of hydrogen-bond donors (Lipinski definition) is 0. The third kappa shape index (κ3) is 8.43. The van der Waals surface area contributed by atoms with Gasteiger partial charge in [0.25, 0.3) is 0 Å². The quantitative estimate of drug-likeness (QED) is 0.203. The summed E-state index contributed by atoms with van der Waals surface area (Å²) < 4.78 is 5.08. The van der Waals surface area contributed by atoms with E-state index in [9.17, 15) is 4.79 Å². The van der Waals surface area contributed by atoms with E-state index in [1.54, 1.807) is 12.1 Å².